The van der Waals surface area contributed by atoms with Gasteiger partial charge in [0.1, 0.15) is 25.1 Å². The molecule has 0 saturated heterocycles. The number of hydroxylamine groups is 1. The van der Waals surface area contributed by atoms with Crippen LogP contribution in [-0.4, -0.2) is 53.3 Å². The summed E-state index contributed by atoms with van der Waals surface area (Å²) in [6.07, 6.45) is 3.57. The molecule has 1 aromatic carbocycles. The van der Waals surface area contributed by atoms with Crippen molar-refractivity contribution in [3.05, 3.63) is 52.3 Å². The molecular formula is C16H17BrFN5O4+. The molecule has 1 amide bonds. The van der Waals surface area contributed by atoms with E-state index in [0.29, 0.717) is 4.47 Å². The van der Waals surface area contributed by atoms with Crippen LogP contribution in [0.15, 0.2) is 51.5 Å². The van der Waals surface area contributed by atoms with Crippen molar-refractivity contribution in [2.45, 2.75) is 6.10 Å². The zero-order chi connectivity index (χ0) is 19.4. The molecule has 27 heavy (non-hydrogen) atoms. The van der Waals surface area contributed by atoms with Crippen molar-refractivity contribution in [2.24, 2.45) is 4.99 Å². The van der Waals surface area contributed by atoms with Crippen LogP contribution in [0.2, 0.25) is 0 Å². The Kier molecular flexibility index (Phi) is 6.19. The van der Waals surface area contributed by atoms with Gasteiger partial charge in [0.25, 0.3) is 5.91 Å². The average Bonchev–Trinajstić information content (AvgIpc) is 3.10. The van der Waals surface area contributed by atoms with Crippen LogP contribution >= 0.6 is 15.9 Å². The maximum absolute atomic E-state index is 14.2. The van der Waals surface area contributed by atoms with E-state index in [2.05, 4.69) is 31.8 Å². The molecule has 2 heterocycles. The standard InChI is InChI=1S/C16H17BrFN5O4/c17-10-1-2-14(13(18)3-10)20-23-5-11-4-19-9-22(11)6-15(23)16(26)21-27-8-12(25)7-24/h1-4,6,9,12,20,24-25H,5,7-8H2,(H,21,26)/q+1. The second-order valence-corrected chi connectivity index (χ2v) is 6.62. The summed E-state index contributed by atoms with van der Waals surface area (Å²) in [4.78, 5) is 23.1. The molecule has 1 unspecified atom stereocenters. The fourth-order valence-corrected chi connectivity index (χ4v) is 2.67. The van der Waals surface area contributed by atoms with Crippen LogP contribution in [-0.2, 0) is 9.63 Å². The third kappa shape index (κ3) is 4.70. The van der Waals surface area contributed by atoms with Crippen molar-refractivity contribution in [2.75, 3.05) is 25.2 Å². The first kappa shape index (κ1) is 19.5. The molecule has 1 radical (unpaired) electrons. The molecule has 0 aromatic heterocycles. The number of hydrogen-bond donors (Lipinski definition) is 4. The minimum atomic E-state index is -1.11. The summed E-state index contributed by atoms with van der Waals surface area (Å²) < 4.78 is 14.8. The first-order chi connectivity index (χ1) is 13.0. The molecule has 1 aromatic rings. The topological polar surface area (TPSA) is 112 Å². The Balaban J connectivity index is 1.76. The Hall–Kier alpha value is -2.31. The first-order valence-electron chi connectivity index (χ1n) is 7.90. The minimum Gasteiger partial charge on any atom is -0.394 e. The molecule has 0 saturated carbocycles. The van der Waals surface area contributed by atoms with Crippen molar-refractivity contribution < 1.29 is 24.2 Å². The number of nitrogens with zero attached hydrogens (tertiary/aromatic N) is 3. The highest BCUT2D eigenvalue weighted by Crippen LogP contribution is 2.24. The van der Waals surface area contributed by atoms with Crippen LogP contribution in [0.4, 0.5) is 10.1 Å². The van der Waals surface area contributed by atoms with Crippen LogP contribution in [0, 0.1) is 5.82 Å². The Labute approximate surface area is 162 Å². The third-order valence-corrected chi connectivity index (χ3v) is 4.18. The lowest BCUT2D eigenvalue weighted by atomic mass is 10.2. The van der Waals surface area contributed by atoms with E-state index < -0.39 is 24.4 Å². The molecule has 2 aliphatic heterocycles. The lowest BCUT2D eigenvalue weighted by molar-refractivity contribution is -0.134. The Bertz CT molecular complexity index is 816. The normalized spacial score (nSPS) is 17.3. The second-order valence-electron chi connectivity index (χ2n) is 5.71. The zero-order valence-electron chi connectivity index (χ0n) is 14.0. The minimum absolute atomic E-state index is 0.140. The Morgan fingerprint density at radius 2 is 2.33 bits per heavy atom. The van der Waals surface area contributed by atoms with Crippen LogP contribution in [0.1, 0.15) is 0 Å². The first-order valence-corrected chi connectivity index (χ1v) is 8.70. The summed E-state index contributed by atoms with van der Waals surface area (Å²) >= 11 is 3.20. The van der Waals surface area contributed by atoms with Gasteiger partial charge >= 0.3 is 0 Å². The highest BCUT2D eigenvalue weighted by molar-refractivity contribution is 9.10. The molecule has 4 N–H and O–H groups in total. The van der Waals surface area contributed by atoms with E-state index in [1.54, 1.807) is 17.2 Å². The molecule has 9 nitrogen and oxygen atoms in total. The summed E-state index contributed by atoms with van der Waals surface area (Å²) in [5.41, 5.74) is 6.16. The van der Waals surface area contributed by atoms with E-state index in [9.17, 15) is 14.3 Å². The lowest BCUT2D eigenvalue weighted by Crippen LogP contribution is -2.46. The number of aliphatic hydroxyl groups is 2. The van der Waals surface area contributed by atoms with Crippen molar-refractivity contribution >= 4 is 33.9 Å². The number of hydrazine groups is 1. The molecule has 11 heteroatoms. The zero-order valence-corrected chi connectivity index (χ0v) is 15.6. The number of carbonyl (C=O) groups excluding carboxylic acids is 1. The number of amides is 1. The molecular weight excluding hydrogens is 425 g/mol. The largest absolute Gasteiger partial charge is 0.394 e. The molecule has 3 rings (SSSR count). The number of aliphatic imine (C=N–C) groups is 1. The van der Waals surface area contributed by atoms with Gasteiger partial charge in [-0.2, -0.15) is 0 Å². The molecule has 0 bridgehead atoms. The van der Waals surface area contributed by atoms with E-state index >= 15 is 0 Å². The second kappa shape index (κ2) is 8.59. The number of rotatable bonds is 7. The number of fused-ring (bicyclic) bond motifs is 1. The monoisotopic (exact) mass is 441 g/mol. The highest BCUT2D eigenvalue weighted by atomic mass is 79.9. The predicted octanol–water partition coefficient (Wildman–Crippen LogP) is 0.497. The predicted molar refractivity (Wildman–Crippen MR) is 98.4 cm³/mol. The number of carbonyl (C=O) groups is 1. The molecule has 0 fully saturated rings. The number of benzene rings is 1. The number of hydrogen-bond acceptors (Lipinski definition) is 8. The van der Waals surface area contributed by atoms with E-state index in [0.717, 1.165) is 5.70 Å². The van der Waals surface area contributed by atoms with E-state index in [4.69, 9.17) is 9.94 Å². The summed E-state index contributed by atoms with van der Waals surface area (Å²) in [5.74, 6) is -1.12. The van der Waals surface area contributed by atoms with Gasteiger partial charge in [-0.15, -0.1) is 0 Å². The fourth-order valence-electron chi connectivity index (χ4n) is 2.33. The van der Waals surface area contributed by atoms with E-state index in [1.807, 2.05) is 0 Å². The maximum atomic E-state index is 14.2. The lowest BCUT2D eigenvalue weighted by Gasteiger charge is -2.29. The van der Waals surface area contributed by atoms with Crippen LogP contribution in [0.5, 0.6) is 0 Å². The van der Waals surface area contributed by atoms with Crippen LogP contribution in [0.3, 0.4) is 0 Å². The molecule has 0 spiro atoms. The van der Waals surface area contributed by atoms with Crippen molar-refractivity contribution in [3.63, 3.8) is 0 Å². The molecule has 1 atom stereocenters. The number of nitrogens with one attached hydrogen (secondary N) is 2. The summed E-state index contributed by atoms with van der Waals surface area (Å²) in [6, 6.07) is 4.51. The van der Waals surface area contributed by atoms with Gasteiger partial charge in [0, 0.05) is 4.47 Å². The van der Waals surface area contributed by atoms with Gasteiger partial charge in [-0.1, -0.05) is 20.8 Å². The smallest absolute Gasteiger partial charge is 0.298 e. The van der Waals surface area contributed by atoms with E-state index in [1.165, 1.54) is 29.7 Å². The average molecular weight is 442 g/mol. The number of halogens is 2. The van der Waals surface area contributed by atoms with Crippen molar-refractivity contribution in [1.29, 1.82) is 0 Å². The van der Waals surface area contributed by atoms with Gasteiger partial charge < -0.3 is 10.2 Å². The fraction of sp³-hybridized carbons (Fsp3) is 0.250. The summed E-state index contributed by atoms with van der Waals surface area (Å²) in [5, 5.41) is 19.5. The van der Waals surface area contributed by atoms with Gasteiger partial charge in [0.05, 0.1) is 18.5 Å². The SMILES string of the molecule is O=C(NOCC(O)CO)C1=C[N+]2C=NC=C2CN1Nc1ccc(Br)cc1F. The van der Waals surface area contributed by atoms with Gasteiger partial charge in [-0.25, -0.2) is 14.9 Å². The molecule has 0 aliphatic carbocycles. The molecule has 2 aliphatic rings. The maximum Gasteiger partial charge on any atom is 0.298 e. The molecule has 143 valence electrons. The number of anilines is 1. The van der Waals surface area contributed by atoms with Gasteiger partial charge in [0.15, 0.2) is 11.9 Å². The Morgan fingerprint density at radius 3 is 3.07 bits per heavy atom. The number of aliphatic hydroxyl groups excluding tert-OH is 2. The van der Waals surface area contributed by atoms with Gasteiger partial charge in [-0.05, 0) is 18.2 Å². The van der Waals surface area contributed by atoms with Gasteiger partial charge in [0.2, 0.25) is 12.0 Å². The summed E-state index contributed by atoms with van der Waals surface area (Å²) in [7, 11) is 0. The van der Waals surface area contributed by atoms with Crippen LogP contribution < -0.4 is 15.8 Å². The van der Waals surface area contributed by atoms with Gasteiger partial charge in [-0.3, -0.25) is 20.1 Å². The highest BCUT2D eigenvalue weighted by Gasteiger charge is 2.36. The quantitative estimate of drug-likeness (QED) is 0.362. The van der Waals surface area contributed by atoms with E-state index in [-0.39, 0.29) is 24.5 Å². The van der Waals surface area contributed by atoms with Crippen molar-refractivity contribution in [3.8, 4) is 0 Å². The summed E-state index contributed by atoms with van der Waals surface area (Å²) in [6.45, 7) is -0.526. The van der Waals surface area contributed by atoms with Crippen molar-refractivity contribution in [1.82, 2.24) is 15.4 Å². The van der Waals surface area contributed by atoms with Crippen LogP contribution in [0.25, 0.3) is 0 Å². The Morgan fingerprint density at radius 1 is 1.52 bits per heavy atom. The third-order valence-electron chi connectivity index (χ3n) is 3.69.